The summed E-state index contributed by atoms with van der Waals surface area (Å²) in [5.74, 6) is -0.397. The van der Waals surface area contributed by atoms with E-state index in [1.54, 1.807) is 18.2 Å². The van der Waals surface area contributed by atoms with Gasteiger partial charge < -0.3 is 26.0 Å². The number of anilines is 1. The van der Waals surface area contributed by atoms with E-state index in [9.17, 15) is 25.4 Å². The Balaban J connectivity index is 2.10. The molecule has 1 unspecified atom stereocenters. The second kappa shape index (κ2) is 8.24. The molecule has 0 aromatic heterocycles. The summed E-state index contributed by atoms with van der Waals surface area (Å²) in [5, 5.41) is 47.0. The lowest BCUT2D eigenvalue weighted by Crippen LogP contribution is -2.38. The van der Waals surface area contributed by atoms with Crippen LogP contribution >= 0.6 is 0 Å². The van der Waals surface area contributed by atoms with Gasteiger partial charge >= 0.3 is 5.69 Å². The average Bonchev–Trinajstić information content (AvgIpc) is 2.59. The first-order chi connectivity index (χ1) is 12.6. The number of aromatic hydroxyl groups is 2. The van der Waals surface area contributed by atoms with Gasteiger partial charge in [-0.3, -0.25) is 10.1 Å². The predicted molar refractivity (Wildman–Crippen MR) is 103 cm³/mol. The topological polar surface area (TPSA) is 128 Å². The summed E-state index contributed by atoms with van der Waals surface area (Å²) in [7, 11) is 0. The van der Waals surface area contributed by atoms with Crippen molar-refractivity contribution in [1.29, 1.82) is 0 Å². The quantitative estimate of drug-likeness (QED) is 0.286. The maximum atomic E-state index is 10.9. The summed E-state index contributed by atoms with van der Waals surface area (Å²) in [6.45, 7) is 6.56. The highest BCUT2D eigenvalue weighted by molar-refractivity contribution is 5.58. The Morgan fingerprint density at radius 3 is 2.41 bits per heavy atom. The van der Waals surface area contributed by atoms with Crippen molar-refractivity contribution < 1.29 is 20.2 Å². The van der Waals surface area contributed by atoms with Crippen molar-refractivity contribution in [2.75, 3.05) is 11.9 Å². The Morgan fingerprint density at radius 2 is 1.78 bits per heavy atom. The minimum absolute atomic E-state index is 0.00279. The van der Waals surface area contributed by atoms with Crippen molar-refractivity contribution in [1.82, 2.24) is 5.32 Å². The van der Waals surface area contributed by atoms with E-state index in [2.05, 4.69) is 10.6 Å². The summed E-state index contributed by atoms with van der Waals surface area (Å²) in [5.41, 5.74) is 1.09. The van der Waals surface area contributed by atoms with Gasteiger partial charge in [0.25, 0.3) is 0 Å². The van der Waals surface area contributed by atoms with Gasteiger partial charge in [0.15, 0.2) is 5.75 Å². The number of hydrogen-bond acceptors (Lipinski definition) is 7. The van der Waals surface area contributed by atoms with E-state index in [1.165, 1.54) is 18.2 Å². The second-order valence-corrected chi connectivity index (χ2v) is 7.36. The fourth-order valence-corrected chi connectivity index (χ4v) is 2.45. The molecule has 146 valence electrons. The molecule has 0 aliphatic carbocycles. The summed E-state index contributed by atoms with van der Waals surface area (Å²) in [4.78, 5) is 10.2. The van der Waals surface area contributed by atoms with Crippen LogP contribution in [-0.2, 0) is 6.54 Å². The number of aliphatic hydroxyl groups excluding tert-OH is 1. The molecule has 1 atom stereocenters. The molecule has 0 aliphatic heterocycles. The lowest BCUT2D eigenvalue weighted by atomic mass is 10.0. The van der Waals surface area contributed by atoms with Crippen LogP contribution in [0.5, 0.6) is 11.5 Å². The number of benzene rings is 2. The molecule has 0 saturated carbocycles. The van der Waals surface area contributed by atoms with E-state index in [0.717, 1.165) is 0 Å². The monoisotopic (exact) mass is 375 g/mol. The summed E-state index contributed by atoms with van der Waals surface area (Å²) in [6.07, 6.45) is -0.750. The Morgan fingerprint density at radius 1 is 1.11 bits per heavy atom. The molecule has 2 aromatic rings. The SMILES string of the molecule is CC(C)(C)NCC(O)c1ccc(O)c(NCc2ccc(O)c([N+](=O)[O-])c2)c1. The fourth-order valence-electron chi connectivity index (χ4n) is 2.45. The Hall–Kier alpha value is -2.84. The standard InChI is InChI=1S/C19H25N3O5/c1-19(2,3)21-11-18(25)13-5-7-16(23)14(9-13)20-10-12-4-6-17(24)15(8-12)22(26)27/h4-9,18,20-21,23-25H,10-11H2,1-3H3. The van der Waals surface area contributed by atoms with Crippen LogP contribution in [0, 0.1) is 10.1 Å². The van der Waals surface area contributed by atoms with E-state index < -0.39 is 16.8 Å². The number of nitrogens with zero attached hydrogens (tertiary/aromatic N) is 1. The number of nitrogens with one attached hydrogen (secondary N) is 2. The minimum Gasteiger partial charge on any atom is -0.506 e. The van der Waals surface area contributed by atoms with Crippen molar-refractivity contribution >= 4 is 11.4 Å². The predicted octanol–water partition coefficient (Wildman–Crippen LogP) is 3.04. The van der Waals surface area contributed by atoms with Gasteiger partial charge in [-0.05, 0) is 50.1 Å². The van der Waals surface area contributed by atoms with Gasteiger partial charge in [-0.1, -0.05) is 12.1 Å². The average molecular weight is 375 g/mol. The van der Waals surface area contributed by atoms with Crippen molar-refractivity contribution in [2.24, 2.45) is 0 Å². The third-order valence-electron chi connectivity index (χ3n) is 3.95. The van der Waals surface area contributed by atoms with Gasteiger partial charge in [0.2, 0.25) is 0 Å². The molecule has 2 rings (SSSR count). The lowest BCUT2D eigenvalue weighted by molar-refractivity contribution is -0.385. The van der Waals surface area contributed by atoms with Crippen LogP contribution in [-0.4, -0.2) is 32.3 Å². The minimum atomic E-state index is -0.750. The van der Waals surface area contributed by atoms with Crippen LogP contribution in [0.2, 0.25) is 0 Å². The van der Waals surface area contributed by atoms with E-state index in [0.29, 0.717) is 23.4 Å². The molecule has 0 radical (unpaired) electrons. The zero-order chi connectivity index (χ0) is 20.2. The highest BCUT2D eigenvalue weighted by Gasteiger charge is 2.16. The highest BCUT2D eigenvalue weighted by Crippen LogP contribution is 2.29. The van der Waals surface area contributed by atoms with Gasteiger partial charge in [0.1, 0.15) is 5.75 Å². The maximum absolute atomic E-state index is 10.9. The number of hydrogen-bond donors (Lipinski definition) is 5. The van der Waals surface area contributed by atoms with Crippen LogP contribution in [0.1, 0.15) is 38.0 Å². The van der Waals surface area contributed by atoms with E-state index in [-0.39, 0.29) is 23.5 Å². The number of phenolic OH excluding ortho intramolecular Hbond substituents is 2. The molecule has 0 heterocycles. The van der Waals surface area contributed by atoms with Crippen LogP contribution < -0.4 is 10.6 Å². The van der Waals surface area contributed by atoms with Crippen molar-refractivity contribution in [2.45, 2.75) is 39.0 Å². The number of phenols is 2. The van der Waals surface area contributed by atoms with Crippen LogP contribution in [0.15, 0.2) is 36.4 Å². The van der Waals surface area contributed by atoms with Gasteiger partial charge in [0, 0.05) is 24.7 Å². The Kier molecular flexibility index (Phi) is 6.24. The normalized spacial score (nSPS) is 12.6. The molecule has 0 saturated heterocycles. The summed E-state index contributed by atoms with van der Waals surface area (Å²) in [6, 6.07) is 8.84. The van der Waals surface area contributed by atoms with Crippen molar-refractivity contribution in [3.63, 3.8) is 0 Å². The molecule has 2 aromatic carbocycles. The third kappa shape index (κ3) is 5.83. The molecule has 0 fully saturated rings. The lowest BCUT2D eigenvalue weighted by Gasteiger charge is -2.23. The van der Waals surface area contributed by atoms with E-state index in [4.69, 9.17) is 0 Å². The molecule has 0 amide bonds. The zero-order valence-corrected chi connectivity index (χ0v) is 15.6. The van der Waals surface area contributed by atoms with Crippen LogP contribution in [0.4, 0.5) is 11.4 Å². The highest BCUT2D eigenvalue weighted by atomic mass is 16.6. The smallest absolute Gasteiger partial charge is 0.311 e. The number of β-amino-alcohol motifs (C(OH)–C–C–N with tert-alkyl or cyclic N) is 1. The van der Waals surface area contributed by atoms with Crippen LogP contribution in [0.3, 0.4) is 0 Å². The van der Waals surface area contributed by atoms with Gasteiger partial charge in [-0.25, -0.2) is 0 Å². The van der Waals surface area contributed by atoms with E-state index >= 15 is 0 Å². The molecule has 8 heteroatoms. The number of rotatable bonds is 7. The number of nitro groups is 1. The maximum Gasteiger partial charge on any atom is 0.311 e. The van der Waals surface area contributed by atoms with Crippen LogP contribution in [0.25, 0.3) is 0 Å². The molecule has 27 heavy (non-hydrogen) atoms. The Bertz CT molecular complexity index is 817. The fraction of sp³-hybridized carbons (Fsp3) is 0.368. The first-order valence-corrected chi connectivity index (χ1v) is 8.53. The molecule has 0 spiro atoms. The van der Waals surface area contributed by atoms with Gasteiger partial charge in [-0.2, -0.15) is 0 Å². The van der Waals surface area contributed by atoms with Gasteiger partial charge in [0.05, 0.1) is 16.7 Å². The van der Waals surface area contributed by atoms with Crippen molar-refractivity contribution in [3.05, 3.63) is 57.6 Å². The Labute approximate surface area is 157 Å². The second-order valence-electron chi connectivity index (χ2n) is 7.36. The largest absolute Gasteiger partial charge is 0.506 e. The molecule has 8 nitrogen and oxygen atoms in total. The number of nitro benzene ring substituents is 1. The van der Waals surface area contributed by atoms with Crippen molar-refractivity contribution in [3.8, 4) is 11.5 Å². The first kappa shape index (κ1) is 20.5. The summed E-state index contributed by atoms with van der Waals surface area (Å²) < 4.78 is 0. The number of aliphatic hydroxyl groups is 1. The zero-order valence-electron chi connectivity index (χ0n) is 15.6. The molecular weight excluding hydrogens is 350 g/mol. The van der Waals surface area contributed by atoms with Gasteiger partial charge in [-0.15, -0.1) is 0 Å². The molecular formula is C19H25N3O5. The first-order valence-electron chi connectivity index (χ1n) is 8.53. The third-order valence-corrected chi connectivity index (χ3v) is 3.95. The molecule has 0 bridgehead atoms. The summed E-state index contributed by atoms with van der Waals surface area (Å²) >= 11 is 0. The van der Waals surface area contributed by atoms with E-state index in [1.807, 2.05) is 20.8 Å². The molecule has 0 aliphatic rings. The molecule has 5 N–H and O–H groups in total.